The highest BCUT2D eigenvalue weighted by Gasteiger charge is 2.37. The largest absolute Gasteiger partial charge is 0.489 e. The third-order valence-electron chi connectivity index (χ3n) is 6.13. The number of benzene rings is 2. The van der Waals surface area contributed by atoms with Crippen LogP contribution in [0.15, 0.2) is 72.9 Å². The normalized spacial score (nSPS) is 12.1. The Balaban J connectivity index is 1.50. The van der Waals surface area contributed by atoms with E-state index in [9.17, 15) is 13.2 Å². The molecule has 0 aliphatic carbocycles. The summed E-state index contributed by atoms with van der Waals surface area (Å²) >= 11 is 0. The quantitative estimate of drug-likeness (QED) is 0.152. The van der Waals surface area contributed by atoms with Crippen LogP contribution in [0.1, 0.15) is 17.0 Å². The fraction of sp³-hybridized carbons (Fsp3) is 0.310. The molecule has 0 amide bonds. The summed E-state index contributed by atoms with van der Waals surface area (Å²) in [5.74, 6) is 0.923. The zero-order valence-electron chi connectivity index (χ0n) is 22.0. The molecule has 4 rings (SSSR count). The van der Waals surface area contributed by atoms with Gasteiger partial charge in [-0.1, -0.05) is 50.0 Å². The summed E-state index contributed by atoms with van der Waals surface area (Å²) in [7, 11) is -1.32. The third kappa shape index (κ3) is 7.11. The Labute approximate surface area is 222 Å². The van der Waals surface area contributed by atoms with Crippen molar-refractivity contribution < 1.29 is 22.6 Å². The third-order valence-corrected chi connectivity index (χ3v) is 7.83. The summed E-state index contributed by atoms with van der Waals surface area (Å²) in [5, 5.41) is 0. The lowest BCUT2D eigenvalue weighted by atomic mass is 10.1. The van der Waals surface area contributed by atoms with Crippen molar-refractivity contribution in [1.82, 2.24) is 14.5 Å². The van der Waals surface area contributed by atoms with Crippen molar-refractivity contribution in [2.24, 2.45) is 0 Å². The maximum absolute atomic E-state index is 13.6. The van der Waals surface area contributed by atoms with E-state index in [1.807, 2.05) is 54.6 Å². The Kier molecular flexibility index (Phi) is 8.37. The highest BCUT2D eigenvalue weighted by atomic mass is 28.3. The second-order valence-corrected chi connectivity index (χ2v) is 16.0. The fourth-order valence-electron chi connectivity index (χ4n) is 3.87. The summed E-state index contributed by atoms with van der Waals surface area (Å²) in [4.78, 5) is 8.46. The molecule has 0 saturated carbocycles. The van der Waals surface area contributed by atoms with Crippen LogP contribution in [0.2, 0.25) is 25.7 Å². The lowest BCUT2D eigenvalue weighted by molar-refractivity contribution is -0.141. The topological polar surface area (TPSA) is 49.2 Å². The molecule has 2 heterocycles. The molecule has 9 heteroatoms. The lowest BCUT2D eigenvalue weighted by Gasteiger charge is -2.17. The zero-order chi connectivity index (χ0) is 27.3. The van der Waals surface area contributed by atoms with Crippen molar-refractivity contribution in [2.75, 3.05) is 6.61 Å². The molecule has 0 N–H and O–H groups in total. The van der Waals surface area contributed by atoms with Crippen molar-refractivity contribution in [3.05, 3.63) is 89.9 Å². The van der Waals surface area contributed by atoms with Gasteiger partial charge in [-0.05, 0) is 54.9 Å². The Bertz CT molecular complexity index is 1330. The predicted molar refractivity (Wildman–Crippen MR) is 146 cm³/mol. The van der Waals surface area contributed by atoms with Crippen LogP contribution < -0.4 is 4.74 Å². The van der Waals surface area contributed by atoms with E-state index in [1.165, 1.54) is 11.5 Å². The van der Waals surface area contributed by atoms with Crippen molar-refractivity contribution >= 4 is 8.07 Å². The van der Waals surface area contributed by atoms with E-state index in [-0.39, 0.29) is 18.2 Å². The molecule has 4 aromatic rings. The van der Waals surface area contributed by atoms with Crippen molar-refractivity contribution in [2.45, 2.75) is 52.1 Å². The maximum atomic E-state index is 13.6. The molecule has 0 unspecified atom stereocenters. The smallest absolute Gasteiger partial charge is 0.435 e. The molecule has 2 aromatic heterocycles. The van der Waals surface area contributed by atoms with Gasteiger partial charge in [-0.2, -0.15) is 13.2 Å². The molecule has 200 valence electrons. The van der Waals surface area contributed by atoms with Crippen molar-refractivity contribution in [3.8, 4) is 28.4 Å². The Hall–Kier alpha value is -3.43. The number of pyridine rings is 1. The van der Waals surface area contributed by atoms with E-state index < -0.39 is 19.9 Å². The van der Waals surface area contributed by atoms with E-state index in [1.54, 1.807) is 18.3 Å². The highest BCUT2D eigenvalue weighted by Crippen LogP contribution is 2.34. The van der Waals surface area contributed by atoms with Gasteiger partial charge in [-0.3, -0.25) is 4.98 Å². The maximum Gasteiger partial charge on any atom is 0.435 e. The SMILES string of the molecule is Cc1c(C(F)(F)F)nc(-c2ccc(-c3ccc(OCc4ccccc4)cc3)nc2)n1COCC[Si](C)(C)C. The number of nitrogens with zero attached hydrogens (tertiary/aromatic N) is 3. The van der Waals surface area contributed by atoms with Crippen LogP contribution in [0.5, 0.6) is 5.75 Å². The van der Waals surface area contributed by atoms with Gasteiger partial charge < -0.3 is 14.0 Å². The molecule has 0 aliphatic rings. The molecular formula is C29H32F3N3O2Si. The van der Waals surface area contributed by atoms with Crippen LogP contribution in [0, 0.1) is 6.92 Å². The number of aromatic nitrogens is 3. The summed E-state index contributed by atoms with van der Waals surface area (Å²) in [5.41, 5.74) is 2.25. The number of hydrogen-bond acceptors (Lipinski definition) is 4. The molecule has 2 aromatic carbocycles. The van der Waals surface area contributed by atoms with Crippen LogP contribution in [-0.4, -0.2) is 29.2 Å². The van der Waals surface area contributed by atoms with Crippen molar-refractivity contribution in [1.29, 1.82) is 0 Å². The first-order chi connectivity index (χ1) is 18.0. The van der Waals surface area contributed by atoms with Crippen molar-refractivity contribution in [3.63, 3.8) is 0 Å². The van der Waals surface area contributed by atoms with Gasteiger partial charge in [0, 0.05) is 37.7 Å². The first-order valence-electron chi connectivity index (χ1n) is 12.5. The minimum Gasteiger partial charge on any atom is -0.489 e. The minimum absolute atomic E-state index is 0.000914. The van der Waals surface area contributed by atoms with Gasteiger partial charge in [-0.15, -0.1) is 0 Å². The van der Waals surface area contributed by atoms with E-state index in [0.717, 1.165) is 22.9 Å². The molecule has 0 saturated heterocycles. The Morgan fingerprint density at radius 3 is 2.18 bits per heavy atom. The second-order valence-electron chi connectivity index (χ2n) is 10.4. The first kappa shape index (κ1) is 27.6. The predicted octanol–water partition coefficient (Wildman–Crippen LogP) is 7.83. The standard InChI is InChI=1S/C29H32F3N3O2Si/c1-21-27(29(30,31)32)34-28(35(21)20-36-16-17-38(2,3)4)24-12-15-26(33-18-24)23-10-13-25(14-11-23)37-19-22-8-6-5-7-9-22/h5-15,18H,16-17,19-20H2,1-4H3. The average molecular weight is 540 g/mol. The van der Waals surface area contributed by atoms with E-state index >= 15 is 0 Å². The lowest BCUT2D eigenvalue weighted by Crippen LogP contribution is -2.22. The molecule has 0 fully saturated rings. The van der Waals surface area contributed by atoms with Crippen LogP contribution in [0.25, 0.3) is 22.6 Å². The average Bonchev–Trinajstić information content (AvgIpc) is 3.22. The van der Waals surface area contributed by atoms with Gasteiger partial charge in [-0.25, -0.2) is 4.98 Å². The zero-order valence-corrected chi connectivity index (χ0v) is 23.0. The number of hydrogen-bond donors (Lipinski definition) is 0. The molecule has 0 atom stereocenters. The van der Waals surface area contributed by atoms with Gasteiger partial charge in [0.1, 0.15) is 24.9 Å². The Morgan fingerprint density at radius 1 is 0.895 bits per heavy atom. The highest BCUT2D eigenvalue weighted by molar-refractivity contribution is 6.76. The summed E-state index contributed by atoms with van der Waals surface area (Å²) in [6.45, 7) is 9.07. The van der Waals surface area contributed by atoms with E-state index in [4.69, 9.17) is 9.47 Å². The Morgan fingerprint density at radius 2 is 1.58 bits per heavy atom. The van der Waals surface area contributed by atoms with Crippen LogP contribution in [0.4, 0.5) is 13.2 Å². The molecule has 0 radical (unpaired) electrons. The van der Waals surface area contributed by atoms with Crippen LogP contribution in [-0.2, 0) is 24.3 Å². The molecule has 5 nitrogen and oxygen atoms in total. The van der Waals surface area contributed by atoms with Gasteiger partial charge >= 0.3 is 6.18 Å². The molecular weight excluding hydrogens is 507 g/mol. The summed E-state index contributed by atoms with van der Waals surface area (Å²) in [6.07, 6.45) is -3.00. The second kappa shape index (κ2) is 11.5. The van der Waals surface area contributed by atoms with E-state index in [2.05, 4.69) is 29.6 Å². The van der Waals surface area contributed by atoms with Gasteiger partial charge in [0.2, 0.25) is 0 Å². The number of ether oxygens (including phenoxy) is 2. The van der Waals surface area contributed by atoms with Crippen LogP contribution >= 0.6 is 0 Å². The summed E-state index contributed by atoms with van der Waals surface area (Å²) < 4.78 is 54.0. The molecule has 0 spiro atoms. The van der Waals surface area contributed by atoms with Gasteiger partial charge in [0.05, 0.1) is 5.69 Å². The minimum atomic E-state index is -4.56. The van der Waals surface area contributed by atoms with E-state index in [0.29, 0.717) is 24.5 Å². The molecule has 0 aliphatic heterocycles. The molecule has 38 heavy (non-hydrogen) atoms. The van der Waals surface area contributed by atoms with Crippen LogP contribution in [0.3, 0.4) is 0 Å². The summed E-state index contributed by atoms with van der Waals surface area (Å²) in [6, 6.07) is 21.9. The number of imidazole rings is 1. The fourth-order valence-corrected chi connectivity index (χ4v) is 4.63. The van der Waals surface area contributed by atoms with Gasteiger partial charge in [0.25, 0.3) is 0 Å². The monoisotopic (exact) mass is 539 g/mol. The first-order valence-corrected chi connectivity index (χ1v) is 16.2. The molecule has 0 bridgehead atoms. The number of halogens is 3. The number of alkyl halides is 3. The van der Waals surface area contributed by atoms with Gasteiger partial charge in [0.15, 0.2) is 5.69 Å². The number of rotatable bonds is 10.